The molecular formula is C20H31IN6O2. The summed E-state index contributed by atoms with van der Waals surface area (Å²) in [6, 6.07) is 8.32. The van der Waals surface area contributed by atoms with Gasteiger partial charge in [-0.2, -0.15) is 0 Å². The van der Waals surface area contributed by atoms with Crippen molar-refractivity contribution in [3.05, 3.63) is 30.1 Å². The third-order valence-corrected chi connectivity index (χ3v) is 4.57. The number of fused-ring (bicyclic) bond motifs is 1. The second-order valence-corrected chi connectivity index (χ2v) is 8.02. The lowest BCUT2D eigenvalue weighted by Crippen LogP contribution is -2.63. The van der Waals surface area contributed by atoms with Gasteiger partial charge in [0, 0.05) is 33.2 Å². The first-order valence-electron chi connectivity index (χ1n) is 9.64. The van der Waals surface area contributed by atoms with Gasteiger partial charge in [0.25, 0.3) is 0 Å². The molecular weight excluding hydrogens is 483 g/mol. The van der Waals surface area contributed by atoms with Crippen LogP contribution in [0.5, 0.6) is 0 Å². The van der Waals surface area contributed by atoms with Crippen LogP contribution >= 0.6 is 24.0 Å². The first-order valence-corrected chi connectivity index (χ1v) is 9.64. The Morgan fingerprint density at radius 2 is 2.00 bits per heavy atom. The number of likely N-dealkylation sites (tertiary alicyclic amines) is 1. The molecule has 9 heteroatoms. The summed E-state index contributed by atoms with van der Waals surface area (Å²) in [6.45, 7) is 10.4. The Labute approximate surface area is 189 Å². The third-order valence-electron chi connectivity index (χ3n) is 4.57. The van der Waals surface area contributed by atoms with Gasteiger partial charge in [0.1, 0.15) is 11.4 Å². The summed E-state index contributed by atoms with van der Waals surface area (Å²) < 4.78 is 7.58. The lowest BCUT2D eigenvalue weighted by atomic mass is 10.1. The van der Waals surface area contributed by atoms with E-state index in [9.17, 15) is 4.79 Å². The van der Waals surface area contributed by atoms with Gasteiger partial charge in [-0.05, 0) is 39.8 Å². The highest BCUT2D eigenvalue weighted by Gasteiger charge is 2.34. The number of imidazole rings is 1. The zero-order valence-electron chi connectivity index (χ0n) is 17.7. The fourth-order valence-corrected chi connectivity index (χ4v) is 3.20. The van der Waals surface area contributed by atoms with Crippen LogP contribution in [0.3, 0.4) is 0 Å². The molecule has 1 amide bonds. The minimum atomic E-state index is -0.469. The number of amides is 1. The molecule has 1 aromatic carbocycles. The van der Waals surface area contributed by atoms with Crippen molar-refractivity contribution < 1.29 is 9.53 Å². The van der Waals surface area contributed by atoms with Crippen LogP contribution in [-0.2, 0) is 11.3 Å². The Kier molecular flexibility index (Phi) is 7.73. The molecule has 1 fully saturated rings. The van der Waals surface area contributed by atoms with E-state index in [0.29, 0.717) is 13.1 Å². The monoisotopic (exact) mass is 514 g/mol. The van der Waals surface area contributed by atoms with E-state index >= 15 is 0 Å². The molecule has 2 heterocycles. The molecule has 0 spiro atoms. The van der Waals surface area contributed by atoms with Crippen LogP contribution in [0.4, 0.5) is 4.79 Å². The Hall–Kier alpha value is -2.04. The first kappa shape index (κ1) is 23.2. The number of hydrogen-bond donors (Lipinski definition) is 2. The van der Waals surface area contributed by atoms with Gasteiger partial charge < -0.3 is 24.8 Å². The predicted molar refractivity (Wildman–Crippen MR) is 126 cm³/mol. The number of aryl methyl sites for hydroxylation is 1. The third kappa shape index (κ3) is 5.97. The summed E-state index contributed by atoms with van der Waals surface area (Å²) in [4.78, 5) is 22.6. The molecule has 8 nitrogen and oxygen atoms in total. The van der Waals surface area contributed by atoms with E-state index in [1.807, 2.05) is 45.9 Å². The zero-order valence-corrected chi connectivity index (χ0v) is 20.1. The lowest BCUT2D eigenvalue weighted by molar-refractivity contribution is 0.00701. The van der Waals surface area contributed by atoms with Crippen molar-refractivity contribution >= 4 is 47.1 Å². The van der Waals surface area contributed by atoms with Crippen LogP contribution in [0.2, 0.25) is 0 Å². The molecule has 0 bridgehead atoms. The van der Waals surface area contributed by atoms with Crippen molar-refractivity contribution in [2.45, 2.75) is 45.9 Å². The summed E-state index contributed by atoms with van der Waals surface area (Å²) in [6.07, 6.45) is -0.268. The number of aromatic nitrogens is 2. The van der Waals surface area contributed by atoms with E-state index in [2.05, 4.69) is 31.2 Å². The topological polar surface area (TPSA) is 83.8 Å². The number of ether oxygens (including phenoxy) is 1. The molecule has 0 unspecified atom stereocenters. The van der Waals surface area contributed by atoms with E-state index < -0.39 is 5.60 Å². The van der Waals surface area contributed by atoms with Crippen LogP contribution in [0.25, 0.3) is 11.0 Å². The van der Waals surface area contributed by atoms with Gasteiger partial charge >= 0.3 is 6.09 Å². The SMILES string of the molecule is CN=C(NCCn1c(C)nc2ccccc21)NC1CN(C(=O)OC(C)(C)C)C1.I. The molecule has 29 heavy (non-hydrogen) atoms. The maximum Gasteiger partial charge on any atom is 0.410 e. The van der Waals surface area contributed by atoms with Crippen LogP contribution in [0, 0.1) is 6.92 Å². The number of carbonyl (C=O) groups excluding carboxylic acids is 1. The maximum atomic E-state index is 12.0. The smallest absolute Gasteiger partial charge is 0.410 e. The lowest BCUT2D eigenvalue weighted by Gasteiger charge is -2.40. The van der Waals surface area contributed by atoms with Gasteiger partial charge in [-0.3, -0.25) is 4.99 Å². The van der Waals surface area contributed by atoms with Gasteiger partial charge in [0.15, 0.2) is 5.96 Å². The molecule has 1 aliphatic heterocycles. The van der Waals surface area contributed by atoms with Crippen LogP contribution in [0.15, 0.2) is 29.3 Å². The number of aliphatic imine (C=N–C) groups is 1. The van der Waals surface area contributed by atoms with Crippen LogP contribution < -0.4 is 10.6 Å². The van der Waals surface area contributed by atoms with Crippen LogP contribution in [0.1, 0.15) is 26.6 Å². The average Bonchev–Trinajstić information content (AvgIpc) is 2.89. The highest BCUT2D eigenvalue weighted by atomic mass is 127. The Morgan fingerprint density at radius 1 is 1.31 bits per heavy atom. The van der Waals surface area contributed by atoms with Gasteiger partial charge in [0.2, 0.25) is 0 Å². The number of para-hydroxylation sites is 2. The van der Waals surface area contributed by atoms with Crippen molar-refractivity contribution in [2.24, 2.45) is 4.99 Å². The van der Waals surface area contributed by atoms with Crippen molar-refractivity contribution in [1.29, 1.82) is 0 Å². The second-order valence-electron chi connectivity index (χ2n) is 8.02. The van der Waals surface area contributed by atoms with Crippen molar-refractivity contribution in [3.8, 4) is 0 Å². The largest absolute Gasteiger partial charge is 0.444 e. The molecule has 0 saturated carbocycles. The number of nitrogens with zero attached hydrogens (tertiary/aromatic N) is 4. The first-order chi connectivity index (χ1) is 13.3. The van der Waals surface area contributed by atoms with Crippen LogP contribution in [-0.4, -0.2) is 64.8 Å². The number of nitrogens with one attached hydrogen (secondary N) is 2. The quantitative estimate of drug-likeness (QED) is 0.373. The molecule has 2 N–H and O–H groups in total. The van der Waals surface area contributed by atoms with E-state index in [1.54, 1.807) is 11.9 Å². The number of halogens is 1. The van der Waals surface area contributed by atoms with E-state index in [-0.39, 0.29) is 36.1 Å². The van der Waals surface area contributed by atoms with E-state index in [1.165, 1.54) is 0 Å². The zero-order chi connectivity index (χ0) is 20.3. The molecule has 0 aliphatic carbocycles. The van der Waals surface area contributed by atoms with Gasteiger partial charge in [-0.15, -0.1) is 24.0 Å². The maximum absolute atomic E-state index is 12.0. The molecule has 1 saturated heterocycles. The standard InChI is InChI=1S/C20H30N6O2.HI/c1-14-23-16-8-6-7-9-17(16)26(14)11-10-22-18(21-5)24-15-12-25(13-15)19(27)28-20(2,3)4;/h6-9,15H,10-13H2,1-5H3,(H2,21,22,24);1H. The Bertz CT molecular complexity index is 867. The fraction of sp³-hybridized carbons (Fsp3) is 0.550. The molecule has 0 atom stereocenters. The summed E-state index contributed by atoms with van der Waals surface area (Å²) in [7, 11) is 1.75. The van der Waals surface area contributed by atoms with Gasteiger partial charge in [0.05, 0.1) is 17.1 Å². The van der Waals surface area contributed by atoms with Crippen molar-refractivity contribution in [2.75, 3.05) is 26.7 Å². The molecule has 160 valence electrons. The Balaban J connectivity index is 0.00000300. The molecule has 3 rings (SSSR count). The predicted octanol–water partition coefficient (Wildman–Crippen LogP) is 2.75. The Morgan fingerprint density at radius 3 is 2.66 bits per heavy atom. The number of hydrogen-bond acceptors (Lipinski definition) is 4. The normalized spacial score (nSPS) is 14.9. The minimum Gasteiger partial charge on any atom is -0.444 e. The molecule has 2 aromatic rings. The summed E-state index contributed by atoms with van der Waals surface area (Å²) in [5.41, 5.74) is 1.68. The highest BCUT2D eigenvalue weighted by Crippen LogP contribution is 2.16. The van der Waals surface area contributed by atoms with E-state index in [4.69, 9.17) is 4.74 Å². The fourth-order valence-electron chi connectivity index (χ4n) is 3.20. The number of benzene rings is 1. The summed E-state index contributed by atoms with van der Waals surface area (Å²) in [5.74, 6) is 1.73. The van der Waals surface area contributed by atoms with Crippen molar-refractivity contribution in [3.63, 3.8) is 0 Å². The highest BCUT2D eigenvalue weighted by molar-refractivity contribution is 14.0. The number of rotatable bonds is 4. The van der Waals surface area contributed by atoms with Gasteiger partial charge in [-0.1, -0.05) is 12.1 Å². The number of carbonyl (C=O) groups is 1. The minimum absolute atomic E-state index is 0. The second kappa shape index (κ2) is 9.64. The summed E-state index contributed by atoms with van der Waals surface area (Å²) >= 11 is 0. The number of guanidine groups is 1. The van der Waals surface area contributed by atoms with Gasteiger partial charge in [-0.25, -0.2) is 9.78 Å². The average molecular weight is 514 g/mol. The molecule has 1 aliphatic rings. The van der Waals surface area contributed by atoms with E-state index in [0.717, 1.165) is 35.9 Å². The van der Waals surface area contributed by atoms with Crippen molar-refractivity contribution in [1.82, 2.24) is 25.1 Å². The molecule has 0 radical (unpaired) electrons. The summed E-state index contributed by atoms with van der Waals surface area (Å²) in [5, 5.41) is 6.68. The molecule has 1 aromatic heterocycles.